The summed E-state index contributed by atoms with van der Waals surface area (Å²) in [5.74, 6) is -4.87. The second-order valence-electron chi connectivity index (χ2n) is 25.4. The Morgan fingerprint density at radius 3 is 1.11 bits per heavy atom. The molecular weight excluding hydrogens is 1360 g/mol. The number of carbonyl (C=O) groups excluding carboxylic acids is 9. The molecule has 4 rings (SSSR count). The summed E-state index contributed by atoms with van der Waals surface area (Å²) in [6, 6.07) is -6.36. The normalized spacial score (nSPS) is 28.4. The van der Waals surface area contributed by atoms with Crippen LogP contribution in [-0.4, -0.2) is 333 Å². The van der Waals surface area contributed by atoms with Crippen molar-refractivity contribution in [1.82, 2.24) is 47.9 Å². The Bertz CT molecular complexity index is 2500. The van der Waals surface area contributed by atoms with Crippen LogP contribution in [0.3, 0.4) is 0 Å². The number of nitrogens with one attached hydrogen (secondary N) is 9. The van der Waals surface area contributed by atoms with Gasteiger partial charge in [0.05, 0.1) is 97.5 Å². The summed E-state index contributed by atoms with van der Waals surface area (Å²) in [6.45, 7) is 0.452. The lowest BCUT2D eigenvalue weighted by atomic mass is 9.97. The largest absolute Gasteiger partial charge is 0.394 e. The summed E-state index contributed by atoms with van der Waals surface area (Å²) in [5.41, 5.74) is 0. The van der Waals surface area contributed by atoms with E-state index in [0.29, 0.717) is 38.5 Å². The zero-order valence-corrected chi connectivity index (χ0v) is 58.7. The molecule has 9 amide bonds. The average Bonchev–Trinajstić information content (AvgIpc) is 1.03. The van der Waals surface area contributed by atoms with E-state index in [4.69, 9.17) is 47.4 Å². The summed E-state index contributed by atoms with van der Waals surface area (Å²) < 4.78 is 55.8. The molecule has 102 heavy (non-hydrogen) atoms. The molecule has 3 saturated heterocycles. The van der Waals surface area contributed by atoms with Gasteiger partial charge >= 0.3 is 0 Å². The van der Waals surface area contributed by atoms with E-state index in [-0.39, 0.29) is 123 Å². The van der Waals surface area contributed by atoms with Gasteiger partial charge in [0, 0.05) is 79.6 Å². The van der Waals surface area contributed by atoms with Gasteiger partial charge in [0.15, 0.2) is 18.9 Å². The van der Waals surface area contributed by atoms with E-state index >= 15 is 0 Å². The molecule has 16 unspecified atom stereocenters. The number of hydrogen-bond acceptors (Lipinski definition) is 29. The van der Waals surface area contributed by atoms with Crippen molar-refractivity contribution in [2.45, 2.75) is 246 Å². The Labute approximate surface area is 592 Å². The van der Waals surface area contributed by atoms with Crippen LogP contribution in [0, 0.1) is 0 Å². The predicted molar refractivity (Wildman–Crippen MR) is 352 cm³/mol. The number of methoxy groups -OCH3 is 1. The molecule has 0 aromatic carbocycles. The van der Waals surface area contributed by atoms with E-state index in [1.54, 1.807) is 7.11 Å². The molecular formula is C64H113N9O29. The van der Waals surface area contributed by atoms with Crippen molar-refractivity contribution in [1.29, 1.82) is 0 Å². The molecule has 1 saturated carbocycles. The fourth-order valence-electron chi connectivity index (χ4n) is 11.8. The minimum Gasteiger partial charge on any atom is -0.394 e. The first kappa shape index (κ1) is 88.8. The summed E-state index contributed by atoms with van der Waals surface area (Å²) in [6.07, 6.45) is -10.8. The predicted octanol–water partition coefficient (Wildman–Crippen LogP) is -7.65. The molecule has 1 aliphatic carbocycles. The molecule has 19 N–H and O–H groups in total. The van der Waals surface area contributed by atoms with E-state index in [9.17, 15) is 94.2 Å². The van der Waals surface area contributed by atoms with Crippen LogP contribution in [0.25, 0.3) is 0 Å². The van der Waals surface area contributed by atoms with Crippen LogP contribution in [0.15, 0.2) is 0 Å². The highest BCUT2D eigenvalue weighted by Crippen LogP contribution is 2.26. The molecule has 588 valence electrons. The van der Waals surface area contributed by atoms with Gasteiger partial charge in [-0.2, -0.15) is 0 Å². The first-order chi connectivity index (χ1) is 48.8. The lowest BCUT2D eigenvalue weighted by molar-refractivity contribution is -0.272. The number of aliphatic hydroxyl groups is 10. The van der Waals surface area contributed by atoms with Gasteiger partial charge in [-0.05, 0) is 32.1 Å². The minimum atomic E-state index is -1.54. The summed E-state index contributed by atoms with van der Waals surface area (Å²) >= 11 is 0. The maximum absolute atomic E-state index is 13.8. The van der Waals surface area contributed by atoms with Gasteiger partial charge in [-0.3, -0.25) is 43.2 Å². The average molecular weight is 1470 g/mol. The third kappa shape index (κ3) is 32.4. The van der Waals surface area contributed by atoms with Gasteiger partial charge < -0.3 is 146 Å². The van der Waals surface area contributed by atoms with Gasteiger partial charge in [-0.1, -0.05) is 38.5 Å². The smallest absolute Gasteiger partial charge is 0.242 e. The number of ether oxygens (including phenoxy) is 10. The highest BCUT2D eigenvalue weighted by Gasteiger charge is 2.48. The lowest BCUT2D eigenvalue weighted by Gasteiger charge is -2.42. The van der Waals surface area contributed by atoms with Crippen LogP contribution in [0.2, 0.25) is 0 Å². The fraction of sp³-hybridized carbons (Fsp3) is 0.859. The van der Waals surface area contributed by atoms with Gasteiger partial charge in [-0.15, -0.1) is 0 Å². The molecule has 38 heteroatoms. The molecule has 38 nitrogen and oxygen atoms in total. The third-order valence-corrected chi connectivity index (χ3v) is 17.3. The van der Waals surface area contributed by atoms with E-state index in [0.717, 1.165) is 32.1 Å². The van der Waals surface area contributed by atoms with Crippen LogP contribution < -0.4 is 47.9 Å². The summed E-state index contributed by atoms with van der Waals surface area (Å²) in [5, 5.41) is 125. The van der Waals surface area contributed by atoms with Crippen molar-refractivity contribution in [3.05, 3.63) is 0 Å². The molecule has 3 aliphatic heterocycles. The van der Waals surface area contributed by atoms with Crippen molar-refractivity contribution in [3.8, 4) is 0 Å². The minimum absolute atomic E-state index is 0.0204. The quantitative estimate of drug-likeness (QED) is 0.0252. The van der Waals surface area contributed by atoms with Crippen LogP contribution in [0.4, 0.5) is 0 Å². The number of aliphatic hydroxyl groups excluding tert-OH is 10. The number of rotatable bonds is 50. The maximum atomic E-state index is 13.8. The maximum Gasteiger partial charge on any atom is 0.242 e. The molecule has 3 heterocycles. The van der Waals surface area contributed by atoms with E-state index in [2.05, 4.69) is 47.9 Å². The van der Waals surface area contributed by atoms with Crippen LogP contribution in [-0.2, 0) is 90.5 Å². The Morgan fingerprint density at radius 1 is 0.402 bits per heavy atom. The molecule has 0 spiro atoms. The Kier molecular flexibility index (Phi) is 42.9. The van der Waals surface area contributed by atoms with Crippen LogP contribution in [0.1, 0.15) is 124 Å². The highest BCUT2D eigenvalue weighted by molar-refractivity contribution is 5.90. The first-order valence-corrected chi connectivity index (χ1v) is 35.0. The molecule has 20 atom stereocenters. The summed E-state index contributed by atoms with van der Waals surface area (Å²) in [4.78, 5) is 116. The molecule has 0 bridgehead atoms. The van der Waals surface area contributed by atoms with Gasteiger partial charge in [0.1, 0.15) is 85.1 Å². The number of unbranched alkanes of at least 4 members (excludes halogenated alkanes) is 7. The van der Waals surface area contributed by atoms with Crippen LogP contribution in [0.5, 0.6) is 0 Å². The van der Waals surface area contributed by atoms with Crippen molar-refractivity contribution < 1.29 is 142 Å². The Hall–Kier alpha value is -5.57. The number of carbonyl (C=O) groups is 9. The van der Waals surface area contributed by atoms with Crippen molar-refractivity contribution in [2.75, 3.05) is 106 Å². The van der Waals surface area contributed by atoms with Gasteiger partial charge in [0.2, 0.25) is 53.2 Å². The standard InChI is InChI=1S/C64H113N9O29/c1-36(77)68-51-57(88)54(85)44(33-74)100-62(51)97-28-25-94-22-19-65-47(81)17-15-40(60(91)66-20-23-95-26-29-98-63-52(69-37(2)78)58(89)55(86)45(34-75)101-63)72-50(84)18-16-41(61(92)67-21-24-96-27-30-99-64-53(70-38(3)79)59(90)56(87)46(35-76)102-64)71-48(82)13-11-9-7-5-6-8-10-12-14-49(83)73-42-31-39(80)32-43(42)93-4/h39-46,51-59,62-64,74-76,80,85-90H,5-35H2,1-4H3,(H,65,81)(H,66,91)(H,67,92)(H,68,77)(H,69,78)(H,70,79)(H,71,82)(H,72,84)(H,73,83)/t39-,40?,41?,42+,43+,44?,45+,46?,51?,52?,53?,54?,55?,56?,57?,58?,59?,62?,63?,64?/m0/s1. The van der Waals surface area contributed by atoms with Crippen molar-refractivity contribution in [2.24, 2.45) is 0 Å². The van der Waals surface area contributed by atoms with E-state index in [1.807, 2.05) is 0 Å². The molecule has 4 fully saturated rings. The Balaban J connectivity index is 1.33. The first-order valence-electron chi connectivity index (χ1n) is 35.0. The third-order valence-electron chi connectivity index (χ3n) is 17.3. The molecule has 0 radical (unpaired) electrons. The van der Waals surface area contributed by atoms with Gasteiger partial charge in [-0.25, -0.2) is 0 Å². The SMILES string of the molecule is CO[C@@H]1C[C@@H](O)C[C@H]1NC(=O)CCCCCCCCCCC(=O)NC(CCC(=O)NC(CCC(=O)NCCOCCOC1OC(CO)C(O)C(O)C1NC(C)=O)C(=O)NCCOCCOC1O[C@H](CO)C(O)C(O)C1NC(C)=O)C(=O)NCCOCCOC1OC(CO)C(O)C(O)C1NC(C)=O. The fourth-order valence-corrected chi connectivity index (χ4v) is 11.8. The highest BCUT2D eigenvalue weighted by atomic mass is 16.7. The lowest BCUT2D eigenvalue weighted by Crippen LogP contribution is -2.64. The summed E-state index contributed by atoms with van der Waals surface area (Å²) in [7, 11) is 1.56. The zero-order chi connectivity index (χ0) is 75.1. The topological polar surface area (TPSA) is 556 Å². The van der Waals surface area contributed by atoms with Crippen molar-refractivity contribution >= 4 is 53.2 Å². The monoisotopic (exact) mass is 1470 g/mol. The number of amides is 9. The van der Waals surface area contributed by atoms with E-state index in [1.165, 1.54) is 20.8 Å². The van der Waals surface area contributed by atoms with Crippen LogP contribution >= 0.6 is 0 Å². The number of hydrogen-bond donors (Lipinski definition) is 19. The second kappa shape index (κ2) is 49.3. The molecule has 4 aliphatic rings. The molecule has 0 aromatic heterocycles. The van der Waals surface area contributed by atoms with Gasteiger partial charge in [0.25, 0.3) is 0 Å². The molecule has 0 aromatic rings. The second-order valence-corrected chi connectivity index (χ2v) is 25.4. The van der Waals surface area contributed by atoms with E-state index < -0.39 is 184 Å². The van der Waals surface area contributed by atoms with Crippen molar-refractivity contribution in [3.63, 3.8) is 0 Å². The zero-order valence-electron chi connectivity index (χ0n) is 58.7. The Morgan fingerprint density at radius 2 is 0.745 bits per heavy atom.